The topological polar surface area (TPSA) is 46.9 Å². The van der Waals surface area contributed by atoms with Crippen molar-refractivity contribution < 1.29 is 4.79 Å². The fourth-order valence-electron chi connectivity index (χ4n) is 3.84. The van der Waals surface area contributed by atoms with Gasteiger partial charge in [0.05, 0.1) is 17.1 Å². The summed E-state index contributed by atoms with van der Waals surface area (Å²) in [6, 6.07) is 28.8. The second-order valence-corrected chi connectivity index (χ2v) is 7.61. The first-order chi connectivity index (χ1) is 15.2. The Labute approximate surface area is 183 Å². The first kappa shape index (κ1) is 20.6. The van der Waals surface area contributed by atoms with E-state index in [4.69, 9.17) is 4.98 Å². The molecule has 0 aliphatic heterocycles. The van der Waals surface area contributed by atoms with Gasteiger partial charge in [0, 0.05) is 19.0 Å². The number of nitrogens with one attached hydrogen (secondary N) is 1. The van der Waals surface area contributed by atoms with E-state index in [1.54, 1.807) is 6.08 Å². The molecule has 4 nitrogen and oxygen atoms in total. The Morgan fingerprint density at radius 1 is 0.968 bits per heavy atom. The summed E-state index contributed by atoms with van der Waals surface area (Å²) in [5, 5.41) is 2.97. The average Bonchev–Trinajstić information content (AvgIpc) is 3.19. The lowest BCUT2D eigenvalue weighted by Gasteiger charge is -2.18. The molecule has 1 aromatic heterocycles. The van der Waals surface area contributed by atoms with Crippen molar-refractivity contribution in [2.45, 2.75) is 25.8 Å². The van der Waals surface area contributed by atoms with Gasteiger partial charge in [-0.15, -0.1) is 0 Å². The van der Waals surface area contributed by atoms with E-state index >= 15 is 0 Å². The van der Waals surface area contributed by atoms with Crippen molar-refractivity contribution in [3.63, 3.8) is 0 Å². The Kier molecular flexibility index (Phi) is 6.58. The fourth-order valence-corrected chi connectivity index (χ4v) is 3.84. The van der Waals surface area contributed by atoms with Crippen molar-refractivity contribution in [1.29, 1.82) is 0 Å². The normalized spacial score (nSPS) is 12.3. The van der Waals surface area contributed by atoms with Gasteiger partial charge in [0.1, 0.15) is 5.82 Å². The average molecular weight is 410 g/mol. The van der Waals surface area contributed by atoms with E-state index in [1.807, 2.05) is 48.5 Å². The molecule has 0 spiro atoms. The number of para-hydroxylation sites is 2. The summed E-state index contributed by atoms with van der Waals surface area (Å²) in [7, 11) is 0. The lowest BCUT2D eigenvalue weighted by Crippen LogP contribution is -2.23. The summed E-state index contributed by atoms with van der Waals surface area (Å²) >= 11 is 0. The van der Waals surface area contributed by atoms with Crippen molar-refractivity contribution in [2.75, 3.05) is 6.54 Å². The minimum absolute atomic E-state index is 0.0741. The van der Waals surface area contributed by atoms with Crippen LogP contribution in [0, 0.1) is 0 Å². The molecule has 0 radical (unpaired) electrons. The maximum Gasteiger partial charge on any atom is 0.243 e. The Morgan fingerprint density at radius 3 is 2.42 bits per heavy atom. The first-order valence-corrected chi connectivity index (χ1v) is 10.7. The van der Waals surface area contributed by atoms with Crippen LogP contribution in [-0.2, 0) is 11.2 Å². The molecule has 0 saturated heterocycles. The Bertz CT molecular complexity index is 1160. The smallest absolute Gasteiger partial charge is 0.243 e. The van der Waals surface area contributed by atoms with Crippen LogP contribution in [0.2, 0.25) is 0 Å². The summed E-state index contributed by atoms with van der Waals surface area (Å²) in [5.74, 6) is 0.974. The van der Waals surface area contributed by atoms with E-state index in [9.17, 15) is 4.79 Å². The fraction of sp³-hybridized carbons (Fsp3) is 0.185. The first-order valence-electron chi connectivity index (χ1n) is 10.7. The maximum absolute atomic E-state index is 12.1. The van der Waals surface area contributed by atoms with Crippen molar-refractivity contribution >= 4 is 23.0 Å². The van der Waals surface area contributed by atoms with Crippen LogP contribution < -0.4 is 5.32 Å². The zero-order chi connectivity index (χ0) is 21.5. The molecule has 4 aromatic rings. The molecule has 4 heteroatoms. The molecule has 1 heterocycles. The molecule has 4 rings (SSSR count). The molecule has 1 N–H and O–H groups in total. The number of carbonyl (C=O) groups excluding carboxylic acids is 1. The number of aryl methyl sites for hydroxylation is 1. The largest absolute Gasteiger partial charge is 0.353 e. The molecule has 156 valence electrons. The van der Waals surface area contributed by atoms with Gasteiger partial charge in [-0.25, -0.2) is 4.98 Å². The van der Waals surface area contributed by atoms with Gasteiger partial charge in [-0.05, 0) is 42.7 Å². The molecule has 31 heavy (non-hydrogen) atoms. The number of imidazole rings is 1. The van der Waals surface area contributed by atoms with Crippen LogP contribution in [0.3, 0.4) is 0 Å². The number of aromatic nitrogens is 2. The van der Waals surface area contributed by atoms with E-state index in [0.717, 1.165) is 35.3 Å². The van der Waals surface area contributed by atoms with Crippen LogP contribution in [0.1, 0.15) is 36.3 Å². The predicted molar refractivity (Wildman–Crippen MR) is 127 cm³/mol. The molecule has 0 bridgehead atoms. The SMILES string of the molecule is CC(c1ccccc1)n1c(CCCNC(=O)/C=C/c2ccccc2)nc2ccccc21. The van der Waals surface area contributed by atoms with Gasteiger partial charge in [-0.3, -0.25) is 4.79 Å². The molecule has 0 saturated carbocycles. The molecule has 1 atom stereocenters. The third kappa shape index (κ3) is 5.10. The molecular weight excluding hydrogens is 382 g/mol. The van der Waals surface area contributed by atoms with Gasteiger partial charge >= 0.3 is 0 Å². The highest BCUT2D eigenvalue weighted by atomic mass is 16.1. The number of benzene rings is 3. The number of hydrogen-bond acceptors (Lipinski definition) is 2. The van der Waals surface area contributed by atoms with E-state index in [2.05, 4.69) is 59.3 Å². The molecule has 0 fully saturated rings. The van der Waals surface area contributed by atoms with Crippen molar-refractivity contribution in [1.82, 2.24) is 14.9 Å². The summed E-state index contributed by atoms with van der Waals surface area (Å²) in [6.45, 7) is 2.82. The van der Waals surface area contributed by atoms with Crippen LogP contribution in [0.15, 0.2) is 91.0 Å². The van der Waals surface area contributed by atoms with Crippen LogP contribution in [-0.4, -0.2) is 22.0 Å². The number of fused-ring (bicyclic) bond motifs is 1. The highest BCUT2D eigenvalue weighted by Gasteiger charge is 2.16. The van der Waals surface area contributed by atoms with Crippen LogP contribution in [0.25, 0.3) is 17.1 Å². The maximum atomic E-state index is 12.1. The molecule has 1 amide bonds. The van der Waals surface area contributed by atoms with E-state index < -0.39 is 0 Å². The van der Waals surface area contributed by atoms with Gasteiger partial charge in [0.25, 0.3) is 0 Å². The minimum Gasteiger partial charge on any atom is -0.353 e. The van der Waals surface area contributed by atoms with E-state index in [1.165, 1.54) is 5.56 Å². The van der Waals surface area contributed by atoms with Crippen LogP contribution in [0.4, 0.5) is 0 Å². The number of hydrogen-bond donors (Lipinski definition) is 1. The molecule has 1 unspecified atom stereocenters. The number of nitrogens with zero attached hydrogens (tertiary/aromatic N) is 2. The Morgan fingerprint density at radius 2 is 1.65 bits per heavy atom. The summed E-state index contributed by atoms with van der Waals surface area (Å²) in [6.07, 6.45) is 5.04. The monoisotopic (exact) mass is 409 g/mol. The van der Waals surface area contributed by atoms with Crippen LogP contribution >= 0.6 is 0 Å². The summed E-state index contributed by atoms with van der Waals surface area (Å²) in [4.78, 5) is 17.0. The third-order valence-electron chi connectivity index (χ3n) is 5.44. The van der Waals surface area contributed by atoms with E-state index in [0.29, 0.717) is 6.54 Å². The molecule has 3 aromatic carbocycles. The van der Waals surface area contributed by atoms with Crippen molar-refractivity contribution in [3.05, 3.63) is 108 Å². The lowest BCUT2D eigenvalue weighted by atomic mass is 10.1. The van der Waals surface area contributed by atoms with Gasteiger partial charge in [-0.1, -0.05) is 72.8 Å². The Hall–Kier alpha value is -3.66. The predicted octanol–water partition coefficient (Wildman–Crippen LogP) is 5.41. The summed E-state index contributed by atoms with van der Waals surface area (Å²) < 4.78 is 2.32. The molecule has 0 aliphatic rings. The van der Waals surface area contributed by atoms with Gasteiger partial charge in [0.2, 0.25) is 5.91 Å². The number of carbonyl (C=O) groups is 1. The molecular formula is C27H27N3O. The van der Waals surface area contributed by atoms with E-state index in [-0.39, 0.29) is 11.9 Å². The highest BCUT2D eigenvalue weighted by Crippen LogP contribution is 2.26. The number of rotatable bonds is 8. The molecule has 0 aliphatic carbocycles. The van der Waals surface area contributed by atoms with Gasteiger partial charge < -0.3 is 9.88 Å². The number of amides is 1. The third-order valence-corrected chi connectivity index (χ3v) is 5.44. The van der Waals surface area contributed by atoms with Gasteiger partial charge in [-0.2, -0.15) is 0 Å². The standard InChI is InChI=1S/C27H27N3O/c1-21(23-13-6-3-7-14-23)30-25-16-9-8-15-24(25)29-26(30)17-10-20-28-27(31)19-18-22-11-4-2-5-12-22/h2-9,11-16,18-19,21H,10,17,20H2,1H3,(H,28,31)/b19-18+. The van der Waals surface area contributed by atoms with Crippen LogP contribution in [0.5, 0.6) is 0 Å². The zero-order valence-corrected chi connectivity index (χ0v) is 17.7. The summed E-state index contributed by atoms with van der Waals surface area (Å²) in [5.41, 5.74) is 4.42. The Balaban J connectivity index is 1.41. The zero-order valence-electron chi connectivity index (χ0n) is 17.7. The minimum atomic E-state index is -0.0741. The lowest BCUT2D eigenvalue weighted by molar-refractivity contribution is -0.116. The van der Waals surface area contributed by atoms with Crippen molar-refractivity contribution in [3.8, 4) is 0 Å². The quantitative estimate of drug-likeness (QED) is 0.312. The second kappa shape index (κ2) is 9.90. The van der Waals surface area contributed by atoms with Crippen molar-refractivity contribution in [2.24, 2.45) is 0 Å². The highest BCUT2D eigenvalue weighted by molar-refractivity contribution is 5.91. The second-order valence-electron chi connectivity index (χ2n) is 7.61. The van der Waals surface area contributed by atoms with Gasteiger partial charge in [0.15, 0.2) is 0 Å².